The monoisotopic (exact) mass is 311 g/mol. The van der Waals surface area contributed by atoms with E-state index in [1.165, 1.54) is 24.5 Å². The zero-order chi connectivity index (χ0) is 16.2. The molecule has 7 nitrogen and oxygen atoms in total. The normalized spacial score (nSPS) is 11.9. The molecule has 0 radical (unpaired) electrons. The van der Waals surface area contributed by atoms with Gasteiger partial charge in [0.1, 0.15) is 0 Å². The zero-order valence-electron chi connectivity index (χ0n) is 12.2. The number of rotatable bonds is 4. The predicted molar refractivity (Wildman–Crippen MR) is 79.0 cm³/mol. The Balaban J connectivity index is 1.71. The highest BCUT2D eigenvalue weighted by atomic mass is 16.6. The molecule has 23 heavy (non-hydrogen) atoms. The van der Waals surface area contributed by atoms with Crippen LogP contribution in [0.2, 0.25) is 0 Å². The summed E-state index contributed by atoms with van der Waals surface area (Å²) in [4.78, 5) is 12.0. The second-order valence-corrected chi connectivity index (χ2v) is 4.81. The third kappa shape index (κ3) is 3.34. The number of pyridine rings is 1. The van der Waals surface area contributed by atoms with Crippen LogP contribution in [-0.2, 0) is 4.74 Å². The van der Waals surface area contributed by atoms with Crippen molar-refractivity contribution in [3.05, 3.63) is 71.5 Å². The molecule has 0 aliphatic carbocycles. The first-order valence-electron chi connectivity index (χ1n) is 6.92. The van der Waals surface area contributed by atoms with Crippen LogP contribution in [-0.4, -0.2) is 16.2 Å². The van der Waals surface area contributed by atoms with E-state index < -0.39 is 12.1 Å². The van der Waals surface area contributed by atoms with E-state index in [-0.39, 0.29) is 11.5 Å². The van der Waals surface area contributed by atoms with E-state index in [4.69, 9.17) is 9.15 Å². The van der Waals surface area contributed by atoms with Crippen LogP contribution < -0.4 is 4.73 Å². The number of hydrogen-bond donors (Lipinski definition) is 0. The third-order valence-electron chi connectivity index (χ3n) is 3.13. The summed E-state index contributed by atoms with van der Waals surface area (Å²) in [6.45, 7) is 1.64. The Morgan fingerprint density at radius 3 is 2.57 bits per heavy atom. The second kappa shape index (κ2) is 6.27. The number of ether oxygens (including phenoxy) is 1. The van der Waals surface area contributed by atoms with Crippen molar-refractivity contribution in [3.8, 4) is 11.5 Å². The van der Waals surface area contributed by atoms with E-state index in [0.717, 1.165) is 5.56 Å². The highest BCUT2D eigenvalue weighted by Gasteiger charge is 2.20. The summed E-state index contributed by atoms with van der Waals surface area (Å²) >= 11 is 0. The molecule has 0 fully saturated rings. The average Bonchev–Trinajstić information content (AvgIpc) is 3.06. The number of esters is 1. The fraction of sp³-hybridized carbons (Fsp3) is 0.125. The summed E-state index contributed by atoms with van der Waals surface area (Å²) in [6.07, 6.45) is 1.75. The van der Waals surface area contributed by atoms with Crippen LogP contribution in [0.5, 0.6) is 0 Å². The van der Waals surface area contributed by atoms with Gasteiger partial charge in [-0.2, -0.15) is 4.73 Å². The van der Waals surface area contributed by atoms with Gasteiger partial charge in [-0.15, -0.1) is 10.2 Å². The van der Waals surface area contributed by atoms with Crippen molar-refractivity contribution in [1.82, 2.24) is 10.2 Å². The Morgan fingerprint density at radius 2 is 1.87 bits per heavy atom. The molecule has 7 heteroatoms. The summed E-state index contributed by atoms with van der Waals surface area (Å²) < 4.78 is 11.4. The minimum Gasteiger partial charge on any atom is -0.619 e. The number of nitrogens with zero attached hydrogens (tertiary/aromatic N) is 3. The lowest BCUT2D eigenvalue weighted by molar-refractivity contribution is -0.605. The average molecular weight is 311 g/mol. The number of aromatic nitrogens is 3. The highest BCUT2D eigenvalue weighted by molar-refractivity contribution is 5.89. The van der Waals surface area contributed by atoms with Gasteiger partial charge in [0.25, 0.3) is 5.89 Å². The summed E-state index contributed by atoms with van der Waals surface area (Å²) in [5, 5.41) is 18.8. The Kier molecular flexibility index (Phi) is 4.01. The Bertz CT molecular complexity index is 800. The van der Waals surface area contributed by atoms with Crippen LogP contribution in [0.4, 0.5) is 0 Å². The first-order chi connectivity index (χ1) is 11.1. The SMILES string of the molecule is C[C@@H](OC(=O)c1cc[n+]([O-])cc1)c1nnc(-c2ccccc2)o1. The molecule has 0 spiro atoms. The highest BCUT2D eigenvalue weighted by Crippen LogP contribution is 2.22. The van der Waals surface area contributed by atoms with E-state index in [1.54, 1.807) is 6.92 Å². The van der Waals surface area contributed by atoms with Gasteiger partial charge in [-0.3, -0.25) is 0 Å². The molecule has 0 saturated heterocycles. The molecule has 0 N–H and O–H groups in total. The predicted octanol–water partition coefficient (Wildman–Crippen LogP) is 2.29. The van der Waals surface area contributed by atoms with Crippen LogP contribution >= 0.6 is 0 Å². The van der Waals surface area contributed by atoms with Gasteiger partial charge in [0.2, 0.25) is 5.89 Å². The maximum atomic E-state index is 12.0. The van der Waals surface area contributed by atoms with E-state index in [9.17, 15) is 10.0 Å². The lowest BCUT2D eigenvalue weighted by Crippen LogP contribution is -2.24. The van der Waals surface area contributed by atoms with Gasteiger partial charge < -0.3 is 14.4 Å². The number of carbonyl (C=O) groups excluding carboxylic acids is 1. The van der Waals surface area contributed by atoms with Crippen molar-refractivity contribution in [2.45, 2.75) is 13.0 Å². The Hall–Kier alpha value is -3.22. The van der Waals surface area contributed by atoms with Crippen LogP contribution in [0.15, 0.2) is 59.3 Å². The number of carbonyl (C=O) groups is 1. The van der Waals surface area contributed by atoms with Gasteiger partial charge in [-0.1, -0.05) is 18.2 Å². The Labute approximate surface area is 131 Å². The van der Waals surface area contributed by atoms with E-state index in [1.807, 2.05) is 30.3 Å². The van der Waals surface area contributed by atoms with E-state index in [0.29, 0.717) is 10.6 Å². The van der Waals surface area contributed by atoms with Crippen LogP contribution in [0.1, 0.15) is 29.3 Å². The van der Waals surface area contributed by atoms with Gasteiger partial charge in [0, 0.05) is 17.7 Å². The van der Waals surface area contributed by atoms with Crippen molar-refractivity contribution in [2.75, 3.05) is 0 Å². The molecule has 1 aromatic carbocycles. The molecule has 2 aromatic heterocycles. The molecule has 3 aromatic rings. The molecular formula is C16H13N3O4. The lowest BCUT2D eigenvalue weighted by Gasteiger charge is -2.08. The van der Waals surface area contributed by atoms with Gasteiger partial charge in [0.15, 0.2) is 18.5 Å². The Morgan fingerprint density at radius 1 is 1.17 bits per heavy atom. The summed E-state index contributed by atoms with van der Waals surface area (Å²) in [6, 6.07) is 12.1. The molecule has 0 unspecified atom stereocenters. The van der Waals surface area contributed by atoms with Crippen molar-refractivity contribution in [3.63, 3.8) is 0 Å². The van der Waals surface area contributed by atoms with Gasteiger partial charge >= 0.3 is 5.97 Å². The molecule has 0 bridgehead atoms. The molecule has 3 rings (SSSR count). The second-order valence-electron chi connectivity index (χ2n) is 4.81. The topological polar surface area (TPSA) is 92.2 Å². The van der Waals surface area contributed by atoms with Crippen LogP contribution in [0.3, 0.4) is 0 Å². The molecule has 2 heterocycles. The minimum atomic E-state index is -0.702. The zero-order valence-corrected chi connectivity index (χ0v) is 12.2. The van der Waals surface area contributed by atoms with Gasteiger partial charge in [-0.05, 0) is 19.1 Å². The molecular weight excluding hydrogens is 298 g/mol. The smallest absolute Gasteiger partial charge is 0.339 e. The summed E-state index contributed by atoms with van der Waals surface area (Å²) in [5.74, 6) is -0.0137. The fourth-order valence-electron chi connectivity index (χ4n) is 1.92. The molecule has 0 saturated carbocycles. The maximum absolute atomic E-state index is 12.0. The van der Waals surface area contributed by atoms with Crippen molar-refractivity contribution < 1.29 is 18.7 Å². The molecule has 0 aliphatic rings. The lowest BCUT2D eigenvalue weighted by atomic mass is 10.2. The minimum absolute atomic E-state index is 0.201. The summed E-state index contributed by atoms with van der Waals surface area (Å²) in [5.41, 5.74) is 1.06. The quantitative estimate of drug-likeness (QED) is 0.417. The van der Waals surface area contributed by atoms with Crippen LogP contribution in [0, 0.1) is 5.21 Å². The summed E-state index contributed by atoms with van der Waals surface area (Å²) in [7, 11) is 0. The molecule has 0 aliphatic heterocycles. The first-order valence-corrected chi connectivity index (χ1v) is 6.92. The molecule has 0 amide bonds. The van der Waals surface area contributed by atoms with Crippen LogP contribution in [0.25, 0.3) is 11.5 Å². The first kappa shape index (κ1) is 14.7. The standard InChI is InChI=1S/C16H13N3O4/c1-11(22-16(20)13-7-9-19(21)10-8-13)14-17-18-15(23-14)12-5-3-2-4-6-12/h2-11H,1H3/t11-/m1/s1. The largest absolute Gasteiger partial charge is 0.619 e. The van der Waals surface area contributed by atoms with Gasteiger partial charge in [0.05, 0.1) is 5.56 Å². The van der Waals surface area contributed by atoms with E-state index in [2.05, 4.69) is 10.2 Å². The van der Waals surface area contributed by atoms with Crippen molar-refractivity contribution in [1.29, 1.82) is 0 Å². The molecule has 116 valence electrons. The van der Waals surface area contributed by atoms with Crippen molar-refractivity contribution in [2.24, 2.45) is 0 Å². The van der Waals surface area contributed by atoms with Gasteiger partial charge in [-0.25, -0.2) is 4.79 Å². The fourth-order valence-corrected chi connectivity index (χ4v) is 1.92. The maximum Gasteiger partial charge on any atom is 0.339 e. The third-order valence-corrected chi connectivity index (χ3v) is 3.13. The number of hydrogen-bond acceptors (Lipinski definition) is 6. The molecule has 1 atom stereocenters. The van der Waals surface area contributed by atoms with Crippen molar-refractivity contribution >= 4 is 5.97 Å². The van der Waals surface area contributed by atoms with E-state index >= 15 is 0 Å². The number of benzene rings is 1.